The van der Waals surface area contributed by atoms with E-state index in [9.17, 15) is 27.9 Å². The van der Waals surface area contributed by atoms with Crippen molar-refractivity contribution in [1.82, 2.24) is 4.90 Å². The van der Waals surface area contributed by atoms with Gasteiger partial charge in [-0.1, -0.05) is 18.2 Å². The molecule has 2 fully saturated rings. The van der Waals surface area contributed by atoms with Crippen LogP contribution in [-0.2, 0) is 21.2 Å². The largest absolute Gasteiger partial charge is 0.481 e. The zero-order chi connectivity index (χ0) is 17.8. The standard InChI is InChI=1S/C17H18F3NO3/c1-15(14(23)24)7-8-21(10-15)13(22)16(5-6-16)11-3-2-4-12(9-11)17(18,19)20/h2-4,9H,5-8,10H2,1H3,(H,23,24)/t15-/m1/s1. The fourth-order valence-corrected chi connectivity index (χ4v) is 3.36. The molecule has 24 heavy (non-hydrogen) atoms. The maximum atomic E-state index is 12.9. The molecule has 1 N–H and O–H groups in total. The van der Waals surface area contributed by atoms with E-state index < -0.39 is 28.5 Å². The SMILES string of the molecule is C[C@@]1(C(=O)O)CCN(C(=O)C2(c3cccc(C(F)(F)F)c3)CC2)C1. The second kappa shape index (κ2) is 5.22. The molecule has 0 unspecified atom stereocenters. The molecule has 7 heteroatoms. The van der Waals surface area contributed by atoms with Crippen LogP contribution in [0.1, 0.15) is 37.3 Å². The quantitative estimate of drug-likeness (QED) is 0.919. The summed E-state index contributed by atoms with van der Waals surface area (Å²) >= 11 is 0. The van der Waals surface area contributed by atoms with Crippen LogP contribution in [-0.4, -0.2) is 35.0 Å². The van der Waals surface area contributed by atoms with Gasteiger partial charge in [0.15, 0.2) is 0 Å². The van der Waals surface area contributed by atoms with Crippen LogP contribution in [0, 0.1) is 5.41 Å². The third-order valence-electron chi connectivity index (χ3n) is 5.18. The predicted molar refractivity (Wildman–Crippen MR) is 79.3 cm³/mol. The van der Waals surface area contributed by atoms with Crippen LogP contribution in [0.5, 0.6) is 0 Å². The summed E-state index contributed by atoms with van der Waals surface area (Å²) in [5, 5.41) is 9.27. The number of aliphatic carboxylic acids is 1. The summed E-state index contributed by atoms with van der Waals surface area (Å²) in [7, 11) is 0. The van der Waals surface area contributed by atoms with Gasteiger partial charge in [0.25, 0.3) is 0 Å². The molecule has 3 rings (SSSR count). The Morgan fingerprint density at radius 2 is 1.88 bits per heavy atom. The predicted octanol–water partition coefficient (Wildman–Crippen LogP) is 3.06. The number of carboxylic acid groups (broad SMARTS) is 1. The molecule has 130 valence electrons. The number of benzene rings is 1. The Balaban J connectivity index is 1.85. The Morgan fingerprint density at radius 1 is 1.21 bits per heavy atom. The lowest BCUT2D eigenvalue weighted by Gasteiger charge is -2.25. The van der Waals surface area contributed by atoms with Crippen molar-refractivity contribution >= 4 is 11.9 Å². The maximum Gasteiger partial charge on any atom is 0.416 e. The fourth-order valence-electron chi connectivity index (χ4n) is 3.36. The molecular weight excluding hydrogens is 323 g/mol. The van der Waals surface area contributed by atoms with Gasteiger partial charge in [0.1, 0.15) is 0 Å². The second-order valence-corrected chi connectivity index (χ2v) is 7.00. The van der Waals surface area contributed by atoms with Gasteiger partial charge in [0, 0.05) is 13.1 Å². The Labute approximate surface area is 137 Å². The van der Waals surface area contributed by atoms with Crippen molar-refractivity contribution in [3.63, 3.8) is 0 Å². The lowest BCUT2D eigenvalue weighted by atomic mass is 9.90. The first-order chi connectivity index (χ1) is 11.1. The molecular formula is C17H18F3NO3. The van der Waals surface area contributed by atoms with Crippen molar-refractivity contribution < 1.29 is 27.9 Å². The first kappa shape index (κ1) is 16.8. The Kier molecular flexibility index (Phi) is 3.66. The summed E-state index contributed by atoms with van der Waals surface area (Å²) < 4.78 is 38.7. The molecule has 1 aliphatic heterocycles. The van der Waals surface area contributed by atoms with Crippen molar-refractivity contribution in [2.24, 2.45) is 5.41 Å². The highest BCUT2D eigenvalue weighted by Crippen LogP contribution is 2.51. The summed E-state index contributed by atoms with van der Waals surface area (Å²) in [6, 6.07) is 4.89. The molecule has 1 heterocycles. The van der Waals surface area contributed by atoms with Crippen LogP contribution >= 0.6 is 0 Å². The van der Waals surface area contributed by atoms with Gasteiger partial charge < -0.3 is 10.0 Å². The second-order valence-electron chi connectivity index (χ2n) is 7.00. The van der Waals surface area contributed by atoms with Crippen molar-refractivity contribution in [3.05, 3.63) is 35.4 Å². The summed E-state index contributed by atoms with van der Waals surface area (Å²) in [5.74, 6) is -1.21. The average Bonchev–Trinajstić information content (AvgIpc) is 3.23. The third kappa shape index (κ3) is 2.65. The van der Waals surface area contributed by atoms with E-state index >= 15 is 0 Å². The molecule has 1 amide bonds. The number of rotatable bonds is 3. The summed E-state index contributed by atoms with van der Waals surface area (Å²) in [5.41, 5.74) is -2.31. The topological polar surface area (TPSA) is 57.6 Å². The number of halogens is 3. The lowest BCUT2D eigenvalue weighted by Crippen LogP contribution is -2.40. The first-order valence-corrected chi connectivity index (χ1v) is 7.79. The zero-order valence-electron chi connectivity index (χ0n) is 13.2. The van der Waals surface area contributed by atoms with Crippen LogP contribution in [0.4, 0.5) is 13.2 Å². The van der Waals surface area contributed by atoms with Crippen LogP contribution < -0.4 is 0 Å². The summed E-state index contributed by atoms with van der Waals surface area (Å²) in [6.45, 7) is 2.01. The van der Waals surface area contributed by atoms with Gasteiger partial charge in [-0.05, 0) is 37.8 Å². The van der Waals surface area contributed by atoms with E-state index in [2.05, 4.69) is 0 Å². The van der Waals surface area contributed by atoms with Gasteiger partial charge in [-0.25, -0.2) is 0 Å². The van der Waals surface area contributed by atoms with Crippen molar-refractivity contribution in [2.75, 3.05) is 13.1 Å². The molecule has 0 radical (unpaired) electrons. The van der Waals surface area contributed by atoms with Gasteiger partial charge in [-0.15, -0.1) is 0 Å². The van der Waals surface area contributed by atoms with Gasteiger partial charge >= 0.3 is 12.1 Å². The number of amides is 1. The van der Waals surface area contributed by atoms with Gasteiger partial charge in [0.05, 0.1) is 16.4 Å². The van der Waals surface area contributed by atoms with Crippen LogP contribution in [0.15, 0.2) is 24.3 Å². The van der Waals surface area contributed by atoms with E-state index in [1.54, 1.807) is 13.0 Å². The van der Waals surface area contributed by atoms with Crippen LogP contribution in [0.2, 0.25) is 0 Å². The maximum absolute atomic E-state index is 12.9. The number of carbonyl (C=O) groups is 2. The van der Waals surface area contributed by atoms with E-state index in [1.165, 1.54) is 11.0 Å². The molecule has 1 aromatic rings. The number of likely N-dealkylation sites (tertiary alicyclic amines) is 1. The lowest BCUT2D eigenvalue weighted by molar-refractivity contribution is -0.147. The third-order valence-corrected chi connectivity index (χ3v) is 5.18. The van der Waals surface area contributed by atoms with E-state index in [0.717, 1.165) is 12.1 Å². The Morgan fingerprint density at radius 3 is 2.38 bits per heavy atom. The number of carbonyl (C=O) groups excluding carboxylic acids is 1. The molecule has 4 nitrogen and oxygen atoms in total. The first-order valence-electron chi connectivity index (χ1n) is 7.79. The molecule has 1 aliphatic carbocycles. The van der Waals surface area contributed by atoms with Crippen molar-refractivity contribution in [1.29, 1.82) is 0 Å². The number of carboxylic acids is 1. The average molecular weight is 341 g/mol. The molecule has 1 atom stereocenters. The minimum atomic E-state index is -4.45. The van der Waals surface area contributed by atoms with Gasteiger partial charge in [0.2, 0.25) is 5.91 Å². The molecule has 1 saturated heterocycles. The van der Waals surface area contributed by atoms with E-state index in [4.69, 9.17) is 0 Å². The minimum absolute atomic E-state index is 0.0991. The highest BCUT2D eigenvalue weighted by atomic mass is 19.4. The number of alkyl halides is 3. The van der Waals surface area contributed by atoms with E-state index in [-0.39, 0.29) is 12.5 Å². The monoisotopic (exact) mass is 341 g/mol. The molecule has 0 bridgehead atoms. The number of hydrogen-bond donors (Lipinski definition) is 1. The smallest absolute Gasteiger partial charge is 0.416 e. The van der Waals surface area contributed by atoms with E-state index in [1.807, 2.05) is 0 Å². The zero-order valence-corrected chi connectivity index (χ0v) is 13.2. The summed E-state index contributed by atoms with van der Waals surface area (Å²) in [4.78, 5) is 25.7. The highest BCUT2D eigenvalue weighted by molar-refractivity contribution is 5.92. The molecule has 2 aliphatic rings. The minimum Gasteiger partial charge on any atom is -0.481 e. The van der Waals surface area contributed by atoms with E-state index in [0.29, 0.717) is 31.4 Å². The van der Waals surface area contributed by atoms with Crippen LogP contribution in [0.3, 0.4) is 0 Å². The number of hydrogen-bond acceptors (Lipinski definition) is 2. The fraction of sp³-hybridized carbons (Fsp3) is 0.529. The molecule has 1 aromatic carbocycles. The van der Waals surface area contributed by atoms with Crippen molar-refractivity contribution in [3.8, 4) is 0 Å². The highest BCUT2D eigenvalue weighted by Gasteiger charge is 2.55. The number of nitrogens with zero attached hydrogens (tertiary/aromatic N) is 1. The van der Waals surface area contributed by atoms with Crippen LogP contribution in [0.25, 0.3) is 0 Å². The molecule has 0 spiro atoms. The Hall–Kier alpha value is -2.05. The Bertz CT molecular complexity index is 697. The summed E-state index contributed by atoms with van der Waals surface area (Å²) in [6.07, 6.45) is -3.11. The van der Waals surface area contributed by atoms with Gasteiger partial charge in [-0.2, -0.15) is 13.2 Å². The molecule has 0 aromatic heterocycles. The van der Waals surface area contributed by atoms with Gasteiger partial charge in [-0.3, -0.25) is 9.59 Å². The van der Waals surface area contributed by atoms with Crippen molar-refractivity contribution in [2.45, 2.75) is 37.8 Å². The molecule has 1 saturated carbocycles. The normalized spacial score (nSPS) is 25.6.